The second kappa shape index (κ2) is 8.67. The van der Waals surface area contributed by atoms with Crippen LogP contribution in [0.4, 0.5) is 5.69 Å². The van der Waals surface area contributed by atoms with Crippen LogP contribution >= 0.6 is 11.6 Å². The Labute approximate surface area is 177 Å². The van der Waals surface area contributed by atoms with E-state index in [1.54, 1.807) is 48.5 Å². The van der Waals surface area contributed by atoms with Crippen molar-refractivity contribution >= 4 is 23.2 Å². The van der Waals surface area contributed by atoms with Gasteiger partial charge < -0.3 is 19.4 Å². The zero-order valence-electron chi connectivity index (χ0n) is 15.9. The lowest BCUT2D eigenvalue weighted by Crippen LogP contribution is -2.13. The molecule has 0 aliphatic heterocycles. The average molecular weight is 421 g/mol. The summed E-state index contributed by atoms with van der Waals surface area (Å²) in [4.78, 5) is 20.9. The molecule has 0 saturated carbocycles. The van der Waals surface area contributed by atoms with Crippen LogP contribution in [-0.4, -0.2) is 27.6 Å². The predicted molar refractivity (Wildman–Crippen MR) is 114 cm³/mol. The average Bonchev–Trinajstić information content (AvgIpc) is 3.30. The van der Waals surface area contributed by atoms with Crippen molar-refractivity contribution < 1.29 is 14.3 Å². The van der Waals surface area contributed by atoms with Gasteiger partial charge in [0.1, 0.15) is 23.6 Å². The molecule has 7 nitrogen and oxygen atoms in total. The Morgan fingerprint density at radius 1 is 1.03 bits per heavy atom. The Bertz CT molecular complexity index is 1160. The third-order valence-electron chi connectivity index (χ3n) is 4.24. The number of carbonyl (C=O) groups excluding carboxylic acids is 1. The number of hydrogen-bond donors (Lipinski definition) is 1. The molecule has 1 amide bonds. The van der Waals surface area contributed by atoms with Crippen molar-refractivity contribution in [3.8, 4) is 23.2 Å². The molecule has 150 valence electrons. The maximum atomic E-state index is 12.6. The smallest absolute Gasteiger partial charge is 0.259 e. The van der Waals surface area contributed by atoms with Gasteiger partial charge in [0.2, 0.25) is 5.88 Å². The van der Waals surface area contributed by atoms with E-state index in [-0.39, 0.29) is 5.91 Å². The highest BCUT2D eigenvalue weighted by atomic mass is 35.5. The maximum absolute atomic E-state index is 12.6. The summed E-state index contributed by atoms with van der Waals surface area (Å²) < 4.78 is 12.9. The number of aromatic nitrogens is 3. The number of methoxy groups -OCH3 is 1. The van der Waals surface area contributed by atoms with Crippen LogP contribution in [0.1, 0.15) is 10.4 Å². The molecule has 8 heteroatoms. The number of amides is 1. The van der Waals surface area contributed by atoms with Gasteiger partial charge in [-0.3, -0.25) is 4.79 Å². The van der Waals surface area contributed by atoms with Gasteiger partial charge in [0, 0.05) is 29.2 Å². The number of ether oxygens (including phenoxy) is 2. The summed E-state index contributed by atoms with van der Waals surface area (Å²) in [6.45, 7) is 0. The van der Waals surface area contributed by atoms with Crippen LogP contribution in [0.2, 0.25) is 5.02 Å². The number of rotatable bonds is 6. The molecule has 0 aliphatic carbocycles. The van der Waals surface area contributed by atoms with E-state index in [2.05, 4.69) is 15.3 Å². The molecule has 1 N–H and O–H groups in total. The SMILES string of the molecule is COc1ccc(Cl)cc1C(=O)Nc1ccc(Oc2cc(-n3cccc3)ncn2)cc1. The van der Waals surface area contributed by atoms with Gasteiger partial charge in [-0.25, -0.2) is 9.97 Å². The summed E-state index contributed by atoms with van der Waals surface area (Å²) >= 11 is 6.00. The Morgan fingerprint density at radius 3 is 2.53 bits per heavy atom. The fraction of sp³-hybridized carbons (Fsp3) is 0.0455. The lowest BCUT2D eigenvalue weighted by Gasteiger charge is -2.11. The first-order chi connectivity index (χ1) is 14.6. The third-order valence-corrected chi connectivity index (χ3v) is 4.47. The molecular weight excluding hydrogens is 404 g/mol. The molecule has 2 aromatic carbocycles. The molecule has 0 fully saturated rings. The first-order valence-corrected chi connectivity index (χ1v) is 9.38. The van der Waals surface area contributed by atoms with Crippen molar-refractivity contribution in [2.45, 2.75) is 0 Å². The highest BCUT2D eigenvalue weighted by Gasteiger charge is 2.13. The quantitative estimate of drug-likeness (QED) is 0.476. The first-order valence-electron chi connectivity index (χ1n) is 9.00. The van der Waals surface area contributed by atoms with E-state index in [1.165, 1.54) is 13.4 Å². The first kappa shape index (κ1) is 19.5. The fourth-order valence-electron chi connectivity index (χ4n) is 2.80. The van der Waals surface area contributed by atoms with E-state index in [4.69, 9.17) is 21.1 Å². The monoisotopic (exact) mass is 420 g/mol. The van der Waals surface area contributed by atoms with Gasteiger partial charge in [-0.2, -0.15) is 0 Å². The minimum atomic E-state index is -0.324. The number of anilines is 1. The summed E-state index contributed by atoms with van der Waals surface area (Å²) in [5, 5.41) is 3.27. The summed E-state index contributed by atoms with van der Waals surface area (Å²) in [7, 11) is 1.50. The highest BCUT2D eigenvalue weighted by Crippen LogP contribution is 2.25. The minimum Gasteiger partial charge on any atom is -0.496 e. The van der Waals surface area contributed by atoms with Crippen LogP contribution in [0.3, 0.4) is 0 Å². The third kappa shape index (κ3) is 4.42. The zero-order valence-corrected chi connectivity index (χ0v) is 16.7. The summed E-state index contributed by atoms with van der Waals surface area (Å²) in [6.07, 6.45) is 5.22. The van der Waals surface area contributed by atoms with Crippen molar-refractivity contribution in [2.75, 3.05) is 12.4 Å². The predicted octanol–water partition coefficient (Wildman–Crippen LogP) is 4.97. The molecule has 4 rings (SSSR count). The molecule has 0 spiro atoms. The maximum Gasteiger partial charge on any atom is 0.259 e. The second-order valence-electron chi connectivity index (χ2n) is 6.23. The van der Waals surface area contributed by atoms with Crippen LogP contribution in [0.25, 0.3) is 5.82 Å². The van der Waals surface area contributed by atoms with Crippen LogP contribution in [0.15, 0.2) is 79.4 Å². The lowest BCUT2D eigenvalue weighted by atomic mass is 10.2. The largest absolute Gasteiger partial charge is 0.496 e. The van der Waals surface area contributed by atoms with E-state index < -0.39 is 0 Å². The van der Waals surface area contributed by atoms with Crippen molar-refractivity contribution in [1.29, 1.82) is 0 Å². The molecule has 0 radical (unpaired) electrons. The Balaban J connectivity index is 1.45. The molecule has 0 aliphatic rings. The molecular formula is C22H17ClN4O3. The second-order valence-corrected chi connectivity index (χ2v) is 6.67. The van der Waals surface area contributed by atoms with Gasteiger partial charge in [-0.15, -0.1) is 0 Å². The van der Waals surface area contributed by atoms with E-state index in [0.717, 1.165) is 0 Å². The van der Waals surface area contributed by atoms with Crippen molar-refractivity contribution in [3.63, 3.8) is 0 Å². The number of hydrogen-bond acceptors (Lipinski definition) is 5. The Hall–Kier alpha value is -3.84. The van der Waals surface area contributed by atoms with E-state index in [0.29, 0.717) is 39.5 Å². The normalized spacial score (nSPS) is 10.5. The van der Waals surface area contributed by atoms with Crippen LogP contribution in [0, 0.1) is 0 Å². The van der Waals surface area contributed by atoms with Crippen molar-refractivity contribution in [3.05, 3.63) is 90.0 Å². The molecule has 0 atom stereocenters. The van der Waals surface area contributed by atoms with E-state index >= 15 is 0 Å². The van der Waals surface area contributed by atoms with Crippen molar-refractivity contribution in [1.82, 2.24) is 14.5 Å². The summed E-state index contributed by atoms with van der Waals surface area (Å²) in [6, 6.07) is 17.4. The van der Waals surface area contributed by atoms with Gasteiger partial charge in [0.05, 0.1) is 12.7 Å². The highest BCUT2D eigenvalue weighted by molar-refractivity contribution is 6.31. The summed E-state index contributed by atoms with van der Waals surface area (Å²) in [5.41, 5.74) is 0.953. The molecule has 2 aromatic heterocycles. The molecule has 0 bridgehead atoms. The Kier molecular flexibility index (Phi) is 5.63. The standard InChI is InChI=1S/C22H17ClN4O3/c1-29-19-9-4-15(23)12-18(19)22(28)26-16-5-7-17(8-6-16)30-21-13-20(24-14-25-21)27-10-2-3-11-27/h2-14H,1H3,(H,26,28). The van der Waals surface area contributed by atoms with Crippen molar-refractivity contribution in [2.24, 2.45) is 0 Å². The number of benzene rings is 2. The van der Waals surface area contributed by atoms with Crippen LogP contribution < -0.4 is 14.8 Å². The lowest BCUT2D eigenvalue weighted by molar-refractivity contribution is 0.102. The zero-order chi connectivity index (χ0) is 20.9. The topological polar surface area (TPSA) is 78.3 Å². The van der Waals surface area contributed by atoms with E-state index in [1.807, 2.05) is 29.1 Å². The van der Waals surface area contributed by atoms with Crippen LogP contribution in [0.5, 0.6) is 17.4 Å². The minimum absolute atomic E-state index is 0.324. The molecule has 4 aromatic rings. The summed E-state index contributed by atoms with van der Waals surface area (Å²) in [5.74, 6) is 1.80. The van der Waals surface area contributed by atoms with Crippen LogP contribution in [-0.2, 0) is 0 Å². The number of nitrogens with zero attached hydrogens (tertiary/aromatic N) is 3. The number of halogens is 1. The number of carbonyl (C=O) groups is 1. The Morgan fingerprint density at radius 2 is 1.80 bits per heavy atom. The molecule has 2 heterocycles. The number of nitrogens with one attached hydrogen (secondary N) is 1. The van der Waals surface area contributed by atoms with Gasteiger partial charge >= 0.3 is 0 Å². The van der Waals surface area contributed by atoms with Gasteiger partial charge in [-0.05, 0) is 54.6 Å². The fourth-order valence-corrected chi connectivity index (χ4v) is 2.97. The van der Waals surface area contributed by atoms with Gasteiger partial charge in [-0.1, -0.05) is 11.6 Å². The molecule has 0 unspecified atom stereocenters. The van der Waals surface area contributed by atoms with Gasteiger partial charge in [0.15, 0.2) is 0 Å². The van der Waals surface area contributed by atoms with Gasteiger partial charge in [0.25, 0.3) is 5.91 Å². The van der Waals surface area contributed by atoms with E-state index in [9.17, 15) is 4.79 Å². The molecule has 30 heavy (non-hydrogen) atoms. The molecule has 0 saturated heterocycles.